The fourth-order valence-corrected chi connectivity index (χ4v) is 2.25. The summed E-state index contributed by atoms with van der Waals surface area (Å²) in [5.41, 5.74) is 6.82. The molecule has 6 heteroatoms. The number of nitrogens with two attached hydrogens (primary N) is 1. The molecule has 0 aromatic heterocycles. The lowest BCUT2D eigenvalue weighted by atomic mass is 10.2. The van der Waals surface area contributed by atoms with Crippen LogP contribution < -0.4 is 16.0 Å². The number of benzene rings is 1. The highest BCUT2D eigenvalue weighted by Crippen LogP contribution is 2.35. The van der Waals surface area contributed by atoms with Crippen LogP contribution in [-0.4, -0.2) is 26.5 Å². The molecule has 0 heterocycles. The van der Waals surface area contributed by atoms with Crippen molar-refractivity contribution >= 4 is 40.5 Å². The Labute approximate surface area is 111 Å². The van der Waals surface area contributed by atoms with Crippen LogP contribution in [-0.2, 0) is 4.79 Å². The van der Waals surface area contributed by atoms with Gasteiger partial charge in [-0.05, 0) is 12.1 Å². The van der Waals surface area contributed by atoms with E-state index in [2.05, 4.69) is 5.32 Å². The first-order valence-electron chi connectivity index (χ1n) is 5.12. The van der Waals surface area contributed by atoms with E-state index in [1.807, 2.05) is 11.9 Å². The van der Waals surface area contributed by atoms with E-state index in [4.69, 9.17) is 28.9 Å². The highest BCUT2D eigenvalue weighted by molar-refractivity contribution is 6.39. The first-order chi connectivity index (χ1) is 7.95. The fourth-order valence-electron chi connectivity index (χ4n) is 1.46. The third-order valence-electron chi connectivity index (χ3n) is 2.37. The Morgan fingerprint density at radius 2 is 1.94 bits per heavy atom. The van der Waals surface area contributed by atoms with Crippen LogP contribution in [0.3, 0.4) is 0 Å². The molecule has 1 amide bonds. The van der Waals surface area contributed by atoms with Gasteiger partial charge in [0.05, 0.1) is 15.7 Å². The van der Waals surface area contributed by atoms with Crippen LogP contribution in [0.4, 0.5) is 11.4 Å². The zero-order valence-corrected chi connectivity index (χ0v) is 11.3. The summed E-state index contributed by atoms with van der Waals surface area (Å²) in [6, 6.07) is 3.28. The molecule has 1 aromatic carbocycles. The molecule has 1 aromatic rings. The van der Waals surface area contributed by atoms with Crippen LogP contribution in [0.2, 0.25) is 10.0 Å². The van der Waals surface area contributed by atoms with Gasteiger partial charge in [-0.3, -0.25) is 4.79 Å². The van der Waals surface area contributed by atoms with Gasteiger partial charge in [-0.1, -0.05) is 23.2 Å². The molecule has 0 aliphatic heterocycles. The minimum atomic E-state index is -0.0282. The second kappa shape index (κ2) is 5.98. The van der Waals surface area contributed by atoms with Gasteiger partial charge in [0.2, 0.25) is 5.91 Å². The molecule has 1 rings (SSSR count). The molecule has 0 fully saturated rings. The smallest absolute Gasteiger partial charge is 0.221 e. The zero-order valence-electron chi connectivity index (χ0n) is 9.76. The lowest BCUT2D eigenvalue weighted by molar-refractivity contribution is -0.120. The molecule has 0 radical (unpaired) electrons. The number of anilines is 2. The van der Waals surface area contributed by atoms with E-state index in [-0.39, 0.29) is 5.91 Å². The Hall–Kier alpha value is -1.13. The summed E-state index contributed by atoms with van der Waals surface area (Å²) in [6.45, 7) is 0.531. The van der Waals surface area contributed by atoms with Crippen molar-refractivity contribution in [2.45, 2.75) is 6.42 Å². The van der Waals surface area contributed by atoms with E-state index in [9.17, 15) is 4.79 Å². The predicted molar refractivity (Wildman–Crippen MR) is 72.8 cm³/mol. The van der Waals surface area contributed by atoms with Crippen molar-refractivity contribution in [2.24, 2.45) is 0 Å². The first kappa shape index (κ1) is 13.9. The van der Waals surface area contributed by atoms with Crippen molar-refractivity contribution in [1.82, 2.24) is 5.32 Å². The van der Waals surface area contributed by atoms with Crippen LogP contribution >= 0.6 is 23.2 Å². The van der Waals surface area contributed by atoms with Gasteiger partial charge in [0, 0.05) is 32.7 Å². The van der Waals surface area contributed by atoms with Crippen molar-refractivity contribution in [3.8, 4) is 0 Å². The molecular weight excluding hydrogens is 261 g/mol. The van der Waals surface area contributed by atoms with Crippen LogP contribution in [0.1, 0.15) is 6.42 Å². The lowest BCUT2D eigenvalue weighted by Gasteiger charge is -2.21. The molecule has 0 bridgehead atoms. The van der Waals surface area contributed by atoms with Crippen molar-refractivity contribution in [3.05, 3.63) is 22.2 Å². The van der Waals surface area contributed by atoms with Crippen LogP contribution in [0.15, 0.2) is 12.1 Å². The largest absolute Gasteiger partial charge is 0.399 e. The molecule has 0 saturated heterocycles. The fraction of sp³-hybridized carbons (Fsp3) is 0.364. The molecule has 0 spiro atoms. The van der Waals surface area contributed by atoms with Gasteiger partial charge in [-0.15, -0.1) is 0 Å². The summed E-state index contributed by atoms with van der Waals surface area (Å²) in [7, 11) is 3.43. The minimum absolute atomic E-state index is 0.0282. The van der Waals surface area contributed by atoms with E-state index in [0.29, 0.717) is 34.4 Å². The van der Waals surface area contributed by atoms with Gasteiger partial charge in [-0.2, -0.15) is 0 Å². The Morgan fingerprint density at radius 3 is 2.41 bits per heavy atom. The Bertz CT molecular complexity index is 400. The van der Waals surface area contributed by atoms with E-state index in [1.54, 1.807) is 19.2 Å². The topological polar surface area (TPSA) is 58.4 Å². The standard InChI is InChI=1S/C11H15Cl2N3O/c1-15-10(17)3-4-16(2)11-8(12)5-7(14)6-9(11)13/h5-6H,3-4,14H2,1-2H3,(H,15,17). The maximum absolute atomic E-state index is 11.1. The number of nitrogens with one attached hydrogen (secondary N) is 1. The molecule has 17 heavy (non-hydrogen) atoms. The predicted octanol–water partition coefficient (Wildman–Crippen LogP) is 2.15. The van der Waals surface area contributed by atoms with Gasteiger partial charge in [-0.25, -0.2) is 0 Å². The third-order valence-corrected chi connectivity index (χ3v) is 2.95. The molecule has 94 valence electrons. The third kappa shape index (κ3) is 3.68. The second-order valence-corrected chi connectivity index (χ2v) is 4.49. The van der Waals surface area contributed by atoms with E-state index in [1.165, 1.54) is 0 Å². The number of carbonyl (C=O) groups excluding carboxylic acids is 1. The molecule has 0 aliphatic carbocycles. The molecule has 0 atom stereocenters. The molecule has 0 aliphatic rings. The Kier molecular flexibility index (Phi) is 4.90. The number of nitrogens with zero attached hydrogens (tertiary/aromatic N) is 1. The number of carbonyl (C=O) groups is 1. The molecule has 4 nitrogen and oxygen atoms in total. The summed E-state index contributed by atoms with van der Waals surface area (Å²) < 4.78 is 0. The number of amides is 1. The minimum Gasteiger partial charge on any atom is -0.399 e. The highest BCUT2D eigenvalue weighted by atomic mass is 35.5. The first-order valence-corrected chi connectivity index (χ1v) is 5.87. The average Bonchev–Trinajstić information content (AvgIpc) is 2.24. The zero-order chi connectivity index (χ0) is 13.0. The van der Waals surface area contributed by atoms with Gasteiger partial charge in [0.15, 0.2) is 0 Å². The number of hydrogen-bond acceptors (Lipinski definition) is 3. The number of hydrogen-bond donors (Lipinski definition) is 2. The van der Waals surface area contributed by atoms with Gasteiger partial charge in [0.25, 0.3) is 0 Å². The van der Waals surface area contributed by atoms with Crippen molar-refractivity contribution in [3.63, 3.8) is 0 Å². The van der Waals surface area contributed by atoms with E-state index < -0.39 is 0 Å². The maximum atomic E-state index is 11.1. The summed E-state index contributed by atoms with van der Waals surface area (Å²) in [4.78, 5) is 13.0. The van der Waals surface area contributed by atoms with Crippen molar-refractivity contribution < 1.29 is 4.79 Å². The summed E-state index contributed by atoms with van der Waals surface area (Å²) >= 11 is 12.1. The normalized spacial score (nSPS) is 10.1. The maximum Gasteiger partial charge on any atom is 0.221 e. The van der Waals surface area contributed by atoms with Crippen LogP contribution in [0.25, 0.3) is 0 Å². The van der Waals surface area contributed by atoms with Gasteiger partial charge >= 0.3 is 0 Å². The SMILES string of the molecule is CNC(=O)CCN(C)c1c(Cl)cc(N)cc1Cl. The summed E-state index contributed by atoms with van der Waals surface area (Å²) in [5, 5.41) is 3.52. The Balaban J connectivity index is 2.82. The highest BCUT2D eigenvalue weighted by Gasteiger charge is 2.12. The quantitative estimate of drug-likeness (QED) is 0.828. The summed E-state index contributed by atoms with van der Waals surface area (Å²) in [5.74, 6) is -0.0282. The molecule has 0 saturated carbocycles. The van der Waals surface area contributed by atoms with Crippen molar-refractivity contribution in [2.75, 3.05) is 31.3 Å². The van der Waals surface area contributed by atoms with Crippen molar-refractivity contribution in [1.29, 1.82) is 0 Å². The van der Waals surface area contributed by atoms with Gasteiger partial charge < -0.3 is 16.0 Å². The van der Waals surface area contributed by atoms with Crippen LogP contribution in [0.5, 0.6) is 0 Å². The Morgan fingerprint density at radius 1 is 1.41 bits per heavy atom. The number of nitrogen functional groups attached to an aromatic ring is 1. The van der Waals surface area contributed by atoms with Gasteiger partial charge in [0.1, 0.15) is 0 Å². The van der Waals surface area contributed by atoms with Crippen LogP contribution in [0, 0.1) is 0 Å². The lowest BCUT2D eigenvalue weighted by Crippen LogP contribution is -2.26. The van der Waals surface area contributed by atoms with E-state index in [0.717, 1.165) is 0 Å². The number of rotatable bonds is 4. The molecule has 0 unspecified atom stereocenters. The second-order valence-electron chi connectivity index (χ2n) is 3.68. The molecular formula is C11H15Cl2N3O. The summed E-state index contributed by atoms with van der Waals surface area (Å²) in [6.07, 6.45) is 0.379. The van der Waals surface area contributed by atoms with E-state index >= 15 is 0 Å². The monoisotopic (exact) mass is 275 g/mol. The average molecular weight is 276 g/mol. The number of halogens is 2. The molecule has 3 N–H and O–H groups in total.